The number of hydrogen-bond donors (Lipinski definition) is 2. The van der Waals surface area contributed by atoms with Crippen molar-refractivity contribution in [3.63, 3.8) is 0 Å². The number of ether oxygens (including phenoxy) is 1. The number of benzene rings is 1. The molecule has 2 N–H and O–H groups in total. The zero-order valence-electron chi connectivity index (χ0n) is 13.3. The first-order chi connectivity index (χ1) is 11.3. The van der Waals surface area contributed by atoms with Gasteiger partial charge in [-0.05, 0) is 44.0 Å². The normalized spacial score (nSPS) is 20.0. The van der Waals surface area contributed by atoms with Crippen molar-refractivity contribution in [2.75, 3.05) is 19.7 Å². The van der Waals surface area contributed by atoms with Crippen molar-refractivity contribution < 1.29 is 27.8 Å². The minimum atomic E-state index is -4.72. The molecule has 134 valence electrons. The van der Waals surface area contributed by atoms with E-state index in [1.807, 2.05) is 4.90 Å². The van der Waals surface area contributed by atoms with Gasteiger partial charge in [0.05, 0.1) is 19.2 Å². The van der Waals surface area contributed by atoms with Crippen LogP contribution in [0.1, 0.15) is 31.4 Å². The Morgan fingerprint density at radius 2 is 2.08 bits per heavy atom. The van der Waals surface area contributed by atoms with Crippen LogP contribution in [0.3, 0.4) is 0 Å². The molecule has 1 aromatic carbocycles. The fourth-order valence-electron chi connectivity index (χ4n) is 2.82. The van der Waals surface area contributed by atoms with Gasteiger partial charge in [-0.3, -0.25) is 9.69 Å². The number of carbonyl (C=O) groups is 1. The van der Waals surface area contributed by atoms with Crippen LogP contribution in [0.4, 0.5) is 13.2 Å². The Morgan fingerprint density at radius 3 is 2.67 bits per heavy atom. The van der Waals surface area contributed by atoms with E-state index < -0.39 is 6.36 Å². The van der Waals surface area contributed by atoms with Crippen molar-refractivity contribution in [1.82, 2.24) is 10.2 Å². The molecule has 1 unspecified atom stereocenters. The summed E-state index contributed by atoms with van der Waals surface area (Å²) in [4.78, 5) is 14.0. The summed E-state index contributed by atoms with van der Waals surface area (Å²) in [5.41, 5.74) is 0.679. The first-order valence-corrected chi connectivity index (χ1v) is 7.78. The maximum Gasteiger partial charge on any atom is 0.573 e. The van der Waals surface area contributed by atoms with Gasteiger partial charge < -0.3 is 15.2 Å². The number of halogens is 3. The molecule has 8 heteroatoms. The molecule has 0 aliphatic carbocycles. The monoisotopic (exact) mass is 346 g/mol. The number of aliphatic hydroxyl groups excluding tert-OH is 1. The van der Waals surface area contributed by atoms with Crippen LogP contribution >= 0.6 is 0 Å². The smallest absolute Gasteiger partial charge is 0.406 e. The predicted octanol–water partition coefficient (Wildman–Crippen LogP) is 2.22. The Hall–Kier alpha value is -1.80. The van der Waals surface area contributed by atoms with Crippen molar-refractivity contribution in [3.05, 3.63) is 29.8 Å². The lowest BCUT2D eigenvalue weighted by atomic mass is 10.1. The van der Waals surface area contributed by atoms with Crippen LogP contribution in [0.15, 0.2) is 24.3 Å². The maximum absolute atomic E-state index is 12.1. The summed E-state index contributed by atoms with van der Waals surface area (Å²) in [5, 5.41) is 12.1. The van der Waals surface area contributed by atoms with E-state index in [2.05, 4.69) is 10.1 Å². The van der Waals surface area contributed by atoms with Gasteiger partial charge in [-0.15, -0.1) is 13.2 Å². The van der Waals surface area contributed by atoms with Crippen LogP contribution in [0, 0.1) is 0 Å². The number of likely N-dealkylation sites (tertiary alicyclic amines) is 1. The molecule has 0 bridgehead atoms. The van der Waals surface area contributed by atoms with Crippen molar-refractivity contribution in [3.8, 4) is 5.75 Å². The number of nitrogens with zero attached hydrogens (tertiary/aromatic N) is 1. The molecule has 1 aromatic rings. The van der Waals surface area contributed by atoms with Gasteiger partial charge in [0.15, 0.2) is 0 Å². The van der Waals surface area contributed by atoms with E-state index in [-0.39, 0.29) is 36.9 Å². The summed E-state index contributed by atoms with van der Waals surface area (Å²) < 4.78 is 40.2. The Balaban J connectivity index is 1.87. The minimum Gasteiger partial charge on any atom is -0.406 e. The summed E-state index contributed by atoms with van der Waals surface area (Å²) in [6.45, 7) is 2.76. The Bertz CT molecular complexity index is 548. The molecule has 1 amide bonds. The quantitative estimate of drug-likeness (QED) is 0.829. The fourth-order valence-corrected chi connectivity index (χ4v) is 2.82. The minimum absolute atomic E-state index is 0.0184. The average Bonchev–Trinajstić information content (AvgIpc) is 2.93. The van der Waals surface area contributed by atoms with Crippen molar-refractivity contribution in [2.45, 2.75) is 38.2 Å². The number of rotatable bonds is 6. The number of amides is 1. The van der Waals surface area contributed by atoms with Gasteiger partial charge in [0.1, 0.15) is 5.75 Å². The van der Waals surface area contributed by atoms with Gasteiger partial charge in [0, 0.05) is 6.04 Å². The second-order valence-corrected chi connectivity index (χ2v) is 5.86. The molecule has 1 heterocycles. The molecule has 0 aromatic heterocycles. The van der Waals surface area contributed by atoms with Gasteiger partial charge in [0.25, 0.3) is 0 Å². The second-order valence-electron chi connectivity index (χ2n) is 5.86. The van der Waals surface area contributed by atoms with Crippen LogP contribution in [-0.4, -0.2) is 48.0 Å². The Kier molecular flexibility index (Phi) is 6.06. The zero-order valence-corrected chi connectivity index (χ0v) is 13.3. The summed E-state index contributed by atoms with van der Waals surface area (Å²) in [7, 11) is 0. The number of alkyl halides is 3. The van der Waals surface area contributed by atoms with Gasteiger partial charge in [-0.25, -0.2) is 0 Å². The van der Waals surface area contributed by atoms with E-state index in [1.165, 1.54) is 24.3 Å². The van der Waals surface area contributed by atoms with E-state index in [0.29, 0.717) is 5.56 Å². The third-order valence-corrected chi connectivity index (χ3v) is 4.05. The maximum atomic E-state index is 12.1. The SMILES string of the molecule is CC(NC(=O)CN1CCC[C@@H]1CO)c1ccc(OC(F)(F)F)cc1. The molecule has 1 aliphatic heterocycles. The number of aliphatic hydroxyl groups is 1. The molecule has 24 heavy (non-hydrogen) atoms. The topological polar surface area (TPSA) is 61.8 Å². The van der Waals surface area contributed by atoms with Crippen molar-refractivity contribution in [2.24, 2.45) is 0 Å². The second kappa shape index (κ2) is 7.85. The third-order valence-electron chi connectivity index (χ3n) is 4.05. The molecule has 2 rings (SSSR count). The highest BCUT2D eigenvalue weighted by Crippen LogP contribution is 2.24. The van der Waals surface area contributed by atoms with Crippen molar-refractivity contribution in [1.29, 1.82) is 0 Å². The van der Waals surface area contributed by atoms with E-state index >= 15 is 0 Å². The van der Waals surface area contributed by atoms with Crippen LogP contribution in [0.5, 0.6) is 5.75 Å². The standard InChI is InChI=1S/C16H21F3N2O3/c1-11(12-4-6-14(7-5-12)24-16(17,18)19)20-15(23)9-21-8-2-3-13(21)10-22/h4-7,11,13,22H,2-3,8-10H2,1H3,(H,20,23)/t11?,13-/m1/s1. The molecule has 1 saturated heterocycles. The highest BCUT2D eigenvalue weighted by Gasteiger charge is 2.31. The predicted molar refractivity (Wildman–Crippen MR) is 81.4 cm³/mol. The molecule has 0 spiro atoms. The molecule has 2 atom stereocenters. The van der Waals surface area contributed by atoms with E-state index in [1.54, 1.807) is 6.92 Å². The van der Waals surface area contributed by atoms with Gasteiger partial charge in [-0.1, -0.05) is 12.1 Å². The number of carbonyl (C=O) groups excluding carboxylic acids is 1. The van der Waals surface area contributed by atoms with E-state index in [9.17, 15) is 23.1 Å². The Morgan fingerprint density at radius 1 is 1.42 bits per heavy atom. The van der Waals surface area contributed by atoms with Crippen molar-refractivity contribution >= 4 is 5.91 Å². The molecule has 0 radical (unpaired) electrons. The van der Waals surface area contributed by atoms with Gasteiger partial charge in [0.2, 0.25) is 5.91 Å². The largest absolute Gasteiger partial charge is 0.573 e. The molecule has 0 saturated carbocycles. The Labute approximate surface area is 138 Å². The van der Waals surface area contributed by atoms with Crippen LogP contribution in [0.25, 0.3) is 0 Å². The summed E-state index contributed by atoms with van der Waals surface area (Å²) >= 11 is 0. The molecular weight excluding hydrogens is 325 g/mol. The lowest BCUT2D eigenvalue weighted by Gasteiger charge is -2.23. The first kappa shape index (κ1) is 18.5. The van der Waals surface area contributed by atoms with Gasteiger partial charge in [-0.2, -0.15) is 0 Å². The molecule has 5 nitrogen and oxygen atoms in total. The average molecular weight is 346 g/mol. The first-order valence-electron chi connectivity index (χ1n) is 7.78. The highest BCUT2D eigenvalue weighted by atomic mass is 19.4. The summed E-state index contributed by atoms with van der Waals surface area (Å²) in [6, 6.07) is 5.08. The van der Waals surface area contributed by atoms with E-state index in [4.69, 9.17) is 0 Å². The number of nitrogens with one attached hydrogen (secondary N) is 1. The molecular formula is C16H21F3N2O3. The van der Waals surface area contributed by atoms with Gasteiger partial charge >= 0.3 is 6.36 Å². The third kappa shape index (κ3) is 5.38. The van der Waals surface area contributed by atoms with Crippen LogP contribution in [0.2, 0.25) is 0 Å². The zero-order chi connectivity index (χ0) is 17.7. The van der Waals surface area contributed by atoms with Crippen LogP contribution in [-0.2, 0) is 4.79 Å². The fraction of sp³-hybridized carbons (Fsp3) is 0.562. The lowest BCUT2D eigenvalue weighted by molar-refractivity contribution is -0.274. The summed E-state index contributed by atoms with van der Waals surface area (Å²) in [5.74, 6) is -0.480. The summed E-state index contributed by atoms with van der Waals surface area (Å²) in [6.07, 6.45) is -2.89. The highest BCUT2D eigenvalue weighted by molar-refractivity contribution is 5.78. The lowest BCUT2D eigenvalue weighted by Crippen LogP contribution is -2.41. The van der Waals surface area contributed by atoms with E-state index in [0.717, 1.165) is 19.4 Å². The van der Waals surface area contributed by atoms with Crippen LogP contribution < -0.4 is 10.1 Å². The molecule has 1 fully saturated rings. The number of hydrogen-bond acceptors (Lipinski definition) is 4. The molecule has 1 aliphatic rings.